The van der Waals surface area contributed by atoms with Gasteiger partial charge in [-0.15, -0.1) is 0 Å². The Morgan fingerprint density at radius 2 is 0.443 bits per heavy atom. The Balaban J connectivity index is 12.1. The molecule has 115 heavy (non-hydrogen) atoms. The number of allylic oxidation sites excluding steroid dienone is 2. The SMILES string of the molecule is CCCCCCCCCCCCCCCCC(C)(C)C(C)(C)C(C)=C(C)C(S[S+](SSCCC)[Si](OCC)(OCC)OCC)=C(S[S+](SSCCC)[Si](OCC)(OCC)OCC)C(S[S+](SSCCC)[Si](OCC)(OCC)OCC)=C(S[S+](SSCCC)[Si](OCC)(OCC)OCC)S[S+](SSCCC)[Si](OCC)(OCC)OCC. The van der Waals surface area contributed by atoms with Gasteiger partial charge in [0.05, 0.1) is 9.81 Å². The second kappa shape index (κ2) is 75.2. The molecule has 0 spiro atoms. The number of rotatable bonds is 84. The minimum Gasteiger partial charge on any atom is -0.331 e. The number of unbranched alkanes of at least 4 members (excludes halogenated alkanes) is 13. The van der Waals surface area contributed by atoms with E-state index in [2.05, 4.69) is 187 Å². The van der Waals surface area contributed by atoms with Gasteiger partial charge in [0.2, 0.25) is 0 Å². The fourth-order valence-electron chi connectivity index (χ4n) is 10.6. The van der Waals surface area contributed by atoms with Crippen molar-refractivity contribution in [3.8, 4) is 0 Å². The zero-order valence-electron chi connectivity index (χ0n) is 76.1. The van der Waals surface area contributed by atoms with E-state index in [9.17, 15) is 0 Å². The maximum atomic E-state index is 7.38. The Morgan fingerprint density at radius 3 is 0.661 bits per heavy atom. The van der Waals surface area contributed by atoms with E-state index in [0.717, 1.165) is 92.7 Å². The van der Waals surface area contributed by atoms with E-state index in [1.807, 2.05) is 157 Å². The van der Waals surface area contributed by atoms with Crippen LogP contribution in [0.1, 0.15) is 315 Å². The van der Waals surface area contributed by atoms with Crippen LogP contribution in [0.25, 0.3) is 0 Å². The smallest absolute Gasteiger partial charge is 0.331 e. The van der Waals surface area contributed by atoms with Crippen molar-refractivity contribution in [2.24, 2.45) is 10.8 Å². The van der Waals surface area contributed by atoms with E-state index in [0.29, 0.717) is 99.1 Å². The summed E-state index contributed by atoms with van der Waals surface area (Å²) in [5.41, 5.74) is 2.01. The molecule has 686 valence electrons. The highest BCUT2D eigenvalue weighted by Gasteiger charge is 2.74. The Morgan fingerprint density at radius 1 is 0.243 bits per heavy atom. The summed E-state index contributed by atoms with van der Waals surface area (Å²) >= 11 is 0. The molecule has 0 saturated carbocycles. The molecule has 0 aliphatic carbocycles. The summed E-state index contributed by atoms with van der Waals surface area (Å²) in [6.45, 7) is 65.9. The van der Waals surface area contributed by atoms with Gasteiger partial charge in [-0.05, 0) is 227 Å². The van der Waals surface area contributed by atoms with E-state index >= 15 is 0 Å². The lowest BCUT2D eigenvalue weighted by Crippen LogP contribution is -2.52. The van der Waals surface area contributed by atoms with Crippen LogP contribution >= 0.6 is 157 Å². The highest BCUT2D eigenvalue weighted by Crippen LogP contribution is 2.66. The maximum Gasteiger partial charge on any atom is 0.808 e. The zero-order valence-corrected chi connectivity index (χ0v) is 97.4. The zero-order chi connectivity index (χ0) is 86.3. The molecule has 15 nitrogen and oxygen atoms in total. The number of hydrogen-bond donors (Lipinski definition) is 0. The summed E-state index contributed by atoms with van der Waals surface area (Å²) in [5, 5.41) is 0. The highest BCUT2D eigenvalue weighted by molar-refractivity contribution is 9.34. The van der Waals surface area contributed by atoms with Gasteiger partial charge >= 0.3 is 39.8 Å². The quantitative estimate of drug-likeness (QED) is 0.0187. The maximum absolute atomic E-state index is 7.38. The Bertz CT molecular complexity index is 2340. The molecule has 0 aromatic heterocycles. The molecule has 40 heteroatoms. The minimum atomic E-state index is -3.79. The molecular formula is C75H161O15S20Si5+5. The van der Waals surface area contributed by atoms with Crippen LogP contribution in [-0.4, -0.2) is 168 Å². The van der Waals surface area contributed by atoms with Crippen LogP contribution < -0.4 is 0 Å². The van der Waals surface area contributed by atoms with E-state index in [4.69, 9.17) is 66.4 Å². The third-order valence-corrected chi connectivity index (χ3v) is 111. The predicted octanol–water partition coefficient (Wildman–Crippen LogP) is 30.2. The van der Waals surface area contributed by atoms with Gasteiger partial charge in [-0.2, -0.15) is 0 Å². The largest absolute Gasteiger partial charge is 0.808 e. The summed E-state index contributed by atoms with van der Waals surface area (Å²) in [6, 6.07) is 0. The minimum absolute atomic E-state index is 0.146. The van der Waals surface area contributed by atoms with E-state index < -0.39 is 81.8 Å². The summed E-state index contributed by atoms with van der Waals surface area (Å²) in [6.07, 6.45) is 24.6. The van der Waals surface area contributed by atoms with Crippen LogP contribution in [0.4, 0.5) is 0 Å². The summed E-state index contributed by atoms with van der Waals surface area (Å²) < 4.78 is 111. The lowest BCUT2D eigenvalue weighted by atomic mass is 9.61. The first-order valence-electron chi connectivity index (χ1n) is 42.8. The summed E-state index contributed by atoms with van der Waals surface area (Å²) in [5.74, 6) is 4.55. The molecule has 0 heterocycles. The molecule has 0 radical (unpaired) electrons. The first-order valence-corrected chi connectivity index (χ1v) is 82.0. The molecule has 0 aliphatic heterocycles. The first kappa shape index (κ1) is 122. The molecule has 0 aromatic rings. The van der Waals surface area contributed by atoms with E-state index in [-0.39, 0.29) is 10.8 Å². The molecule has 0 amide bonds. The van der Waals surface area contributed by atoms with Crippen LogP contribution in [0.2, 0.25) is 0 Å². The van der Waals surface area contributed by atoms with Gasteiger partial charge in [0.1, 0.15) is 58.9 Å². The lowest BCUT2D eigenvalue weighted by molar-refractivity contribution is 0.0958. The Kier molecular flexibility index (Phi) is 79.5. The van der Waals surface area contributed by atoms with Gasteiger partial charge in [-0.1, -0.05) is 165 Å². The van der Waals surface area contributed by atoms with Crippen molar-refractivity contribution in [3.63, 3.8) is 0 Å². The molecule has 0 fully saturated rings. The average Bonchev–Trinajstić information content (AvgIpc) is 0.756. The van der Waals surface area contributed by atoms with Crippen LogP contribution in [0.15, 0.2) is 30.1 Å². The fourth-order valence-corrected chi connectivity index (χ4v) is 115. The molecule has 5 unspecified atom stereocenters. The third kappa shape index (κ3) is 45.3. The van der Waals surface area contributed by atoms with Crippen molar-refractivity contribution in [2.45, 2.75) is 315 Å². The third-order valence-electron chi connectivity index (χ3n) is 16.9. The van der Waals surface area contributed by atoms with Crippen molar-refractivity contribution in [2.75, 3.05) is 128 Å². The normalized spacial score (nSPS) is 14.8. The monoisotopic (exact) mass is 2080 g/mol. The molecule has 0 saturated heterocycles. The molecular weight excluding hydrogens is 1920 g/mol. The Hall–Kier alpha value is 6.70. The second-order valence-corrected chi connectivity index (χ2v) is 95.0. The van der Waals surface area contributed by atoms with Crippen molar-refractivity contribution in [3.05, 3.63) is 30.1 Å². The molecule has 0 aromatic carbocycles. The van der Waals surface area contributed by atoms with Gasteiger partial charge in [0.15, 0.2) is 95.4 Å². The first-order chi connectivity index (χ1) is 55.4. The summed E-state index contributed by atoms with van der Waals surface area (Å²) in [7, 11) is 4.89. The number of hydrogen-bond acceptors (Lipinski definition) is 30. The van der Waals surface area contributed by atoms with Crippen molar-refractivity contribution in [1.29, 1.82) is 0 Å². The van der Waals surface area contributed by atoms with Crippen molar-refractivity contribution in [1.82, 2.24) is 0 Å². The van der Waals surface area contributed by atoms with Crippen LogP contribution in [0.5, 0.6) is 0 Å². The van der Waals surface area contributed by atoms with Gasteiger partial charge in [0, 0.05) is 128 Å². The van der Waals surface area contributed by atoms with Gasteiger partial charge in [-0.3, -0.25) is 0 Å². The topological polar surface area (TPSA) is 138 Å². The molecule has 0 bridgehead atoms. The van der Waals surface area contributed by atoms with Crippen LogP contribution in [0, 0.1) is 10.8 Å². The van der Waals surface area contributed by atoms with Gasteiger partial charge in [0.25, 0.3) is 0 Å². The van der Waals surface area contributed by atoms with Crippen LogP contribution in [0.3, 0.4) is 0 Å². The second-order valence-electron chi connectivity index (χ2n) is 26.4. The van der Waals surface area contributed by atoms with E-state index in [1.54, 1.807) is 0 Å². The van der Waals surface area contributed by atoms with Gasteiger partial charge in [-0.25, -0.2) is 0 Å². The highest BCUT2D eigenvalue weighted by atomic mass is 33.8. The summed E-state index contributed by atoms with van der Waals surface area (Å²) in [4.78, 5) is 3.20. The van der Waals surface area contributed by atoms with Crippen molar-refractivity contribution >= 4 is 239 Å². The standard InChI is InChI=1S/C75H161O15S20Si5/c1-28-49-50-51-52-53-54-55-56-57-58-59-60-61-62-74(24,25)75(26,27)69(23)68(22)70(96-106(101-91-63-29-2)111(76-34-7,77-35-8)78-36-9)71(97-107(102-92-64-30-3)112(79-37-10,80-38-11)81-39-12)72(98-108(103-93-65-31-4)113(82-40-13,83-41-14)84-42-15)73(99-109(104-94-66-32-5)114(85-43-16,86-44-17)87-45-18)100-110(105-95-67-33-6)115(88-46-19,89-47-20)90-48-21/h28-67H2,1-27H3/q+5. The van der Waals surface area contributed by atoms with Crippen LogP contribution in [-0.2, 0) is 108 Å². The lowest BCUT2D eigenvalue weighted by Gasteiger charge is -2.44. The average molecular weight is 2080 g/mol. The van der Waals surface area contributed by atoms with Gasteiger partial charge < -0.3 is 66.4 Å². The molecule has 5 atom stereocenters. The molecule has 0 aliphatic rings. The fraction of sp³-hybridized carbons (Fsp3) is 0.920. The molecule has 0 N–H and O–H groups in total. The van der Waals surface area contributed by atoms with Crippen molar-refractivity contribution < 1.29 is 66.4 Å². The predicted molar refractivity (Wildman–Crippen MR) is 565 cm³/mol. The molecule has 0 rings (SSSR count). The van der Waals surface area contributed by atoms with E-state index in [1.165, 1.54) is 94.6 Å². The Labute approximate surface area is 780 Å².